The molecule has 0 unspecified atom stereocenters. The fraction of sp³-hybridized carbons (Fsp3) is 0.350. The van der Waals surface area contributed by atoms with E-state index in [0.29, 0.717) is 0 Å². The minimum Gasteiger partial charge on any atom is -0.484 e. The van der Waals surface area contributed by atoms with Gasteiger partial charge in [0.1, 0.15) is 5.75 Å². The molecule has 0 heterocycles. The lowest BCUT2D eigenvalue weighted by molar-refractivity contribution is -0.137. The van der Waals surface area contributed by atoms with Crippen molar-refractivity contribution in [1.29, 1.82) is 0 Å². The van der Waals surface area contributed by atoms with Gasteiger partial charge >= 0.3 is 6.18 Å². The van der Waals surface area contributed by atoms with Gasteiger partial charge in [-0.25, -0.2) is 13.1 Å². The van der Waals surface area contributed by atoms with E-state index < -0.39 is 34.3 Å². The number of anilines is 1. The van der Waals surface area contributed by atoms with Gasteiger partial charge in [-0.05, 0) is 55.3 Å². The summed E-state index contributed by atoms with van der Waals surface area (Å²) in [5, 5.41) is 2.33. The second-order valence-corrected chi connectivity index (χ2v) is 8.70. The minimum absolute atomic E-state index is 0.00199. The molecule has 10 heteroatoms. The van der Waals surface area contributed by atoms with E-state index in [0.717, 1.165) is 37.8 Å². The van der Waals surface area contributed by atoms with Crippen LogP contribution in [0.25, 0.3) is 0 Å². The van der Waals surface area contributed by atoms with Crippen molar-refractivity contribution >= 4 is 21.6 Å². The number of hydrogen-bond acceptors (Lipinski definition) is 4. The normalized spacial score (nSPS) is 15.2. The number of carbonyl (C=O) groups excluding carboxylic acids is 1. The summed E-state index contributed by atoms with van der Waals surface area (Å²) in [5.74, 6) is -0.386. The van der Waals surface area contributed by atoms with Gasteiger partial charge in [-0.1, -0.05) is 18.9 Å². The van der Waals surface area contributed by atoms with Crippen LogP contribution in [0.4, 0.5) is 18.9 Å². The van der Waals surface area contributed by atoms with Gasteiger partial charge in [0.05, 0.1) is 10.5 Å². The van der Waals surface area contributed by atoms with Crippen molar-refractivity contribution in [3.8, 4) is 5.75 Å². The fourth-order valence-electron chi connectivity index (χ4n) is 3.17. The van der Waals surface area contributed by atoms with E-state index in [1.807, 2.05) is 0 Å². The zero-order valence-electron chi connectivity index (χ0n) is 15.9. The molecular formula is C20H21F3N2O4S. The Hall–Kier alpha value is -2.59. The highest BCUT2D eigenvalue weighted by molar-refractivity contribution is 7.89. The monoisotopic (exact) mass is 442 g/mol. The first-order valence-corrected chi connectivity index (χ1v) is 10.8. The molecular weight excluding hydrogens is 421 g/mol. The molecule has 1 fully saturated rings. The zero-order valence-corrected chi connectivity index (χ0v) is 16.7. The first-order chi connectivity index (χ1) is 14.1. The second kappa shape index (κ2) is 9.05. The molecule has 2 aromatic carbocycles. The predicted octanol–water partition coefficient (Wildman–Crippen LogP) is 3.94. The average molecular weight is 442 g/mol. The van der Waals surface area contributed by atoms with Crippen molar-refractivity contribution in [2.45, 2.75) is 42.8 Å². The van der Waals surface area contributed by atoms with E-state index in [1.54, 1.807) is 0 Å². The molecule has 0 aromatic heterocycles. The third kappa shape index (κ3) is 5.96. The molecule has 2 aromatic rings. The Morgan fingerprint density at radius 3 is 2.37 bits per heavy atom. The Labute approximate surface area is 172 Å². The number of carbonyl (C=O) groups is 1. The van der Waals surface area contributed by atoms with Gasteiger partial charge in [-0.3, -0.25) is 4.79 Å². The standard InChI is InChI=1S/C20H21F3N2O4S/c21-20(22,23)14-4-3-7-16(12-14)24-19(26)13-29-17-8-10-18(11-9-17)30(27,28)25-15-5-1-2-6-15/h3-4,7-12,15,25H,1-2,5-6,13H2,(H,24,26). The van der Waals surface area contributed by atoms with Crippen molar-refractivity contribution in [2.75, 3.05) is 11.9 Å². The fourth-order valence-corrected chi connectivity index (χ4v) is 4.47. The van der Waals surface area contributed by atoms with Gasteiger partial charge in [0.15, 0.2) is 6.61 Å². The maximum Gasteiger partial charge on any atom is 0.416 e. The van der Waals surface area contributed by atoms with Crippen LogP contribution in [0.15, 0.2) is 53.4 Å². The Morgan fingerprint density at radius 1 is 1.07 bits per heavy atom. The summed E-state index contributed by atoms with van der Waals surface area (Å²) in [6.07, 6.45) is -0.861. The molecule has 0 atom stereocenters. The van der Waals surface area contributed by atoms with E-state index in [1.165, 1.54) is 36.4 Å². The quantitative estimate of drug-likeness (QED) is 0.680. The number of sulfonamides is 1. The zero-order chi connectivity index (χ0) is 21.8. The van der Waals surface area contributed by atoms with Crippen molar-refractivity contribution in [3.05, 3.63) is 54.1 Å². The minimum atomic E-state index is -4.51. The van der Waals surface area contributed by atoms with Gasteiger partial charge < -0.3 is 10.1 Å². The number of hydrogen-bond donors (Lipinski definition) is 2. The summed E-state index contributed by atoms with van der Waals surface area (Å²) in [6.45, 7) is -0.442. The lowest BCUT2D eigenvalue weighted by atomic mass is 10.2. The lowest BCUT2D eigenvalue weighted by Crippen LogP contribution is -2.32. The Morgan fingerprint density at radius 2 is 1.73 bits per heavy atom. The summed E-state index contributed by atoms with van der Waals surface area (Å²) in [6, 6.07) is 9.79. The molecule has 1 amide bonds. The number of amides is 1. The predicted molar refractivity (Wildman–Crippen MR) is 105 cm³/mol. The first kappa shape index (κ1) is 22.1. The van der Waals surface area contributed by atoms with Crippen LogP contribution in [0.3, 0.4) is 0 Å². The van der Waals surface area contributed by atoms with Crippen molar-refractivity contribution in [3.63, 3.8) is 0 Å². The number of rotatable bonds is 7. The molecule has 0 saturated heterocycles. The van der Waals surface area contributed by atoms with Crippen LogP contribution in [0.1, 0.15) is 31.2 Å². The van der Waals surface area contributed by atoms with E-state index in [-0.39, 0.29) is 22.4 Å². The maximum absolute atomic E-state index is 12.7. The van der Waals surface area contributed by atoms with Crippen molar-refractivity contribution in [1.82, 2.24) is 4.72 Å². The van der Waals surface area contributed by atoms with Crippen LogP contribution >= 0.6 is 0 Å². The molecule has 0 radical (unpaired) electrons. The number of benzene rings is 2. The average Bonchev–Trinajstić information content (AvgIpc) is 3.18. The van der Waals surface area contributed by atoms with E-state index in [4.69, 9.17) is 4.74 Å². The Bertz CT molecular complexity index is 986. The molecule has 0 aliphatic heterocycles. The maximum atomic E-state index is 12.7. The summed E-state index contributed by atoms with van der Waals surface area (Å²) in [7, 11) is -3.63. The summed E-state index contributed by atoms with van der Waals surface area (Å²) in [5.41, 5.74) is -0.873. The third-order valence-corrected chi connectivity index (χ3v) is 6.19. The number of ether oxygens (including phenoxy) is 1. The molecule has 2 N–H and O–H groups in total. The largest absolute Gasteiger partial charge is 0.484 e. The van der Waals surface area contributed by atoms with Gasteiger partial charge in [-0.2, -0.15) is 13.2 Å². The smallest absolute Gasteiger partial charge is 0.416 e. The van der Waals surface area contributed by atoms with E-state index in [2.05, 4.69) is 10.0 Å². The molecule has 0 spiro atoms. The highest BCUT2D eigenvalue weighted by atomic mass is 32.2. The summed E-state index contributed by atoms with van der Waals surface area (Å²) >= 11 is 0. The molecule has 1 aliphatic rings. The van der Waals surface area contributed by atoms with Crippen LogP contribution < -0.4 is 14.8 Å². The molecule has 6 nitrogen and oxygen atoms in total. The van der Waals surface area contributed by atoms with Gasteiger partial charge in [0.2, 0.25) is 10.0 Å². The highest BCUT2D eigenvalue weighted by Gasteiger charge is 2.30. The molecule has 3 rings (SSSR count). The lowest BCUT2D eigenvalue weighted by Gasteiger charge is -2.13. The van der Waals surface area contributed by atoms with Crippen LogP contribution in [0.2, 0.25) is 0 Å². The van der Waals surface area contributed by atoms with Gasteiger partial charge in [0, 0.05) is 11.7 Å². The number of halogens is 3. The van der Waals surface area contributed by atoms with E-state index >= 15 is 0 Å². The molecule has 0 bridgehead atoms. The Balaban J connectivity index is 1.54. The van der Waals surface area contributed by atoms with Crippen LogP contribution in [0.5, 0.6) is 5.75 Å². The van der Waals surface area contributed by atoms with Crippen LogP contribution in [-0.4, -0.2) is 27.0 Å². The number of alkyl halides is 3. The first-order valence-electron chi connectivity index (χ1n) is 9.36. The summed E-state index contributed by atoms with van der Waals surface area (Å²) in [4.78, 5) is 12.0. The molecule has 1 aliphatic carbocycles. The van der Waals surface area contributed by atoms with Crippen LogP contribution in [-0.2, 0) is 21.0 Å². The van der Waals surface area contributed by atoms with Gasteiger partial charge in [-0.15, -0.1) is 0 Å². The Kier molecular flexibility index (Phi) is 6.67. The molecule has 1 saturated carbocycles. The van der Waals surface area contributed by atoms with E-state index in [9.17, 15) is 26.4 Å². The van der Waals surface area contributed by atoms with Crippen molar-refractivity contribution < 1.29 is 31.1 Å². The number of nitrogens with one attached hydrogen (secondary N) is 2. The van der Waals surface area contributed by atoms with Crippen molar-refractivity contribution in [2.24, 2.45) is 0 Å². The highest BCUT2D eigenvalue weighted by Crippen LogP contribution is 2.30. The second-order valence-electron chi connectivity index (χ2n) is 6.99. The van der Waals surface area contributed by atoms with Gasteiger partial charge in [0.25, 0.3) is 5.91 Å². The topological polar surface area (TPSA) is 84.5 Å². The molecule has 162 valence electrons. The molecule has 30 heavy (non-hydrogen) atoms. The third-order valence-electron chi connectivity index (χ3n) is 4.65. The SMILES string of the molecule is O=C(COc1ccc(S(=O)(=O)NC2CCCC2)cc1)Nc1cccc(C(F)(F)F)c1. The van der Waals surface area contributed by atoms with Crippen LogP contribution in [0, 0.1) is 0 Å². The summed E-state index contributed by atoms with van der Waals surface area (Å²) < 4.78 is 70.9.